The second kappa shape index (κ2) is 7.71. The second-order valence-corrected chi connectivity index (χ2v) is 3.47. The number of nitrogens with two attached hydrogens (primary N) is 2. The van der Waals surface area contributed by atoms with Crippen LogP contribution in [0.1, 0.15) is 6.42 Å². The van der Waals surface area contributed by atoms with Crippen LogP contribution in [0, 0.1) is 0 Å². The van der Waals surface area contributed by atoms with Crippen LogP contribution in [0.4, 0.5) is 4.39 Å². The Morgan fingerprint density at radius 1 is 1.59 bits per heavy atom. The van der Waals surface area contributed by atoms with E-state index in [1.807, 2.05) is 0 Å². The van der Waals surface area contributed by atoms with Crippen LogP contribution in [-0.4, -0.2) is 48.2 Å². The van der Waals surface area contributed by atoms with Gasteiger partial charge in [-0.05, 0) is 6.08 Å². The number of likely N-dealkylation sites (N-methyl/N-ethyl adjacent to an activating group) is 1. The van der Waals surface area contributed by atoms with Crippen LogP contribution in [0.5, 0.6) is 0 Å². The third kappa shape index (κ3) is 8.31. The zero-order valence-corrected chi connectivity index (χ0v) is 9.52. The van der Waals surface area contributed by atoms with E-state index in [-0.39, 0.29) is 19.5 Å². The summed E-state index contributed by atoms with van der Waals surface area (Å²) in [6, 6.07) is -0.795. The molecular formula is C9H17FN4O3. The van der Waals surface area contributed by atoms with Crippen molar-refractivity contribution >= 4 is 11.9 Å². The normalized spacial score (nSPS) is 13.6. The monoisotopic (exact) mass is 248 g/mol. The fourth-order valence-corrected chi connectivity index (χ4v) is 1.07. The zero-order chi connectivity index (χ0) is 13.4. The van der Waals surface area contributed by atoms with Crippen LogP contribution in [0.25, 0.3) is 0 Å². The van der Waals surface area contributed by atoms with Crippen LogP contribution in [-0.2, 0) is 9.59 Å². The molecule has 7 nitrogen and oxygen atoms in total. The van der Waals surface area contributed by atoms with Gasteiger partial charge in [-0.15, -0.1) is 0 Å². The average molecular weight is 248 g/mol. The number of carbonyl (C=O) groups is 2. The average Bonchev–Trinajstić information content (AvgIpc) is 2.14. The number of hydrogen-bond donors (Lipinski definition) is 4. The highest BCUT2D eigenvalue weighted by Gasteiger charge is 2.11. The molecule has 98 valence electrons. The number of amides is 1. The second-order valence-electron chi connectivity index (χ2n) is 3.47. The first-order chi connectivity index (χ1) is 7.85. The van der Waals surface area contributed by atoms with Crippen LogP contribution in [0.2, 0.25) is 0 Å². The van der Waals surface area contributed by atoms with Gasteiger partial charge in [0.25, 0.3) is 0 Å². The molecule has 0 saturated heterocycles. The lowest BCUT2D eigenvalue weighted by Crippen LogP contribution is -2.43. The van der Waals surface area contributed by atoms with Crippen LogP contribution in [0.3, 0.4) is 0 Å². The molecule has 0 spiro atoms. The summed E-state index contributed by atoms with van der Waals surface area (Å²) < 4.78 is 12.7. The smallest absolute Gasteiger partial charge is 0.319 e. The van der Waals surface area contributed by atoms with Gasteiger partial charge in [-0.25, -0.2) is 9.40 Å². The molecule has 0 rings (SSSR count). The zero-order valence-electron chi connectivity index (χ0n) is 9.52. The minimum atomic E-state index is -1.08. The van der Waals surface area contributed by atoms with E-state index in [0.717, 1.165) is 11.1 Å². The number of halogens is 1. The van der Waals surface area contributed by atoms with Gasteiger partial charge < -0.3 is 16.6 Å². The molecule has 0 heterocycles. The van der Waals surface area contributed by atoms with Crippen molar-refractivity contribution in [1.29, 1.82) is 0 Å². The van der Waals surface area contributed by atoms with Crippen LogP contribution >= 0.6 is 0 Å². The molecule has 8 heteroatoms. The Morgan fingerprint density at radius 2 is 2.18 bits per heavy atom. The van der Waals surface area contributed by atoms with Crippen molar-refractivity contribution in [2.45, 2.75) is 12.5 Å². The molecule has 0 aliphatic carbocycles. The third-order valence-electron chi connectivity index (χ3n) is 1.70. The van der Waals surface area contributed by atoms with Gasteiger partial charge >= 0.3 is 5.97 Å². The number of nitrogens with zero attached hydrogens (tertiary/aromatic N) is 1. The molecule has 0 aromatic heterocycles. The van der Waals surface area contributed by atoms with Gasteiger partial charge in [-0.1, -0.05) is 0 Å². The largest absolute Gasteiger partial charge is 0.480 e. The molecule has 0 bridgehead atoms. The maximum absolute atomic E-state index is 12.7. The van der Waals surface area contributed by atoms with E-state index in [2.05, 4.69) is 5.43 Å². The van der Waals surface area contributed by atoms with Gasteiger partial charge in [-0.2, -0.15) is 0 Å². The highest BCUT2D eigenvalue weighted by atomic mass is 19.1. The van der Waals surface area contributed by atoms with Crippen molar-refractivity contribution in [3.63, 3.8) is 0 Å². The quantitative estimate of drug-likeness (QED) is 0.409. The van der Waals surface area contributed by atoms with E-state index >= 15 is 0 Å². The fraction of sp³-hybridized carbons (Fsp3) is 0.556. The lowest BCUT2D eigenvalue weighted by atomic mass is 10.2. The number of hydrogen-bond acceptors (Lipinski definition) is 5. The Morgan fingerprint density at radius 3 is 2.65 bits per heavy atom. The summed E-state index contributed by atoms with van der Waals surface area (Å²) in [7, 11) is 1.40. The Labute approximate surface area is 98.2 Å². The van der Waals surface area contributed by atoms with Gasteiger partial charge in [0.15, 0.2) is 0 Å². The number of rotatable bonds is 7. The Bertz CT molecular complexity index is 309. The van der Waals surface area contributed by atoms with E-state index in [1.165, 1.54) is 7.05 Å². The predicted octanol–water partition coefficient (Wildman–Crippen LogP) is -1.44. The predicted molar refractivity (Wildman–Crippen MR) is 59.2 cm³/mol. The van der Waals surface area contributed by atoms with Gasteiger partial charge in [0.1, 0.15) is 12.4 Å². The summed E-state index contributed by atoms with van der Waals surface area (Å²) in [4.78, 5) is 21.6. The number of carbonyl (C=O) groups excluding carboxylic acids is 1. The summed E-state index contributed by atoms with van der Waals surface area (Å²) in [5, 5.41) is 9.54. The molecule has 0 fully saturated rings. The fourth-order valence-electron chi connectivity index (χ4n) is 1.07. The molecule has 6 N–H and O–H groups in total. The van der Waals surface area contributed by atoms with Crippen LogP contribution < -0.4 is 16.9 Å². The lowest BCUT2D eigenvalue weighted by Gasteiger charge is -2.16. The number of carboxylic acid groups (broad SMARTS) is 1. The SMILES string of the molecule is CN(CC(=O)O)NC(=O)C[C@H](N)/C=C(\F)CN. The molecule has 0 unspecified atom stereocenters. The molecule has 0 radical (unpaired) electrons. The molecule has 1 amide bonds. The van der Waals surface area contributed by atoms with Gasteiger partial charge in [0, 0.05) is 26.1 Å². The summed E-state index contributed by atoms with van der Waals surface area (Å²) in [6.45, 7) is -0.609. The van der Waals surface area contributed by atoms with Crippen molar-refractivity contribution < 1.29 is 19.1 Å². The van der Waals surface area contributed by atoms with Crippen molar-refractivity contribution in [1.82, 2.24) is 10.4 Å². The van der Waals surface area contributed by atoms with Crippen molar-refractivity contribution in [3.8, 4) is 0 Å². The molecule has 0 aromatic carbocycles. The van der Waals surface area contributed by atoms with E-state index in [0.29, 0.717) is 0 Å². The summed E-state index contributed by atoms with van der Waals surface area (Å²) in [6.07, 6.45) is 0.897. The first-order valence-electron chi connectivity index (χ1n) is 4.89. The van der Waals surface area contributed by atoms with E-state index < -0.39 is 23.7 Å². The first kappa shape index (κ1) is 15.5. The maximum atomic E-state index is 12.7. The van der Waals surface area contributed by atoms with E-state index in [4.69, 9.17) is 16.6 Å². The minimum Gasteiger partial charge on any atom is -0.480 e. The molecule has 1 atom stereocenters. The molecular weight excluding hydrogens is 231 g/mol. The number of hydrazine groups is 1. The van der Waals surface area contributed by atoms with Gasteiger partial charge in [0.2, 0.25) is 5.91 Å². The van der Waals surface area contributed by atoms with E-state index in [9.17, 15) is 14.0 Å². The molecule has 17 heavy (non-hydrogen) atoms. The lowest BCUT2D eigenvalue weighted by molar-refractivity contribution is -0.139. The van der Waals surface area contributed by atoms with Gasteiger partial charge in [-0.3, -0.25) is 15.0 Å². The Hall–Kier alpha value is -1.51. The first-order valence-corrected chi connectivity index (χ1v) is 4.89. The van der Waals surface area contributed by atoms with Crippen molar-refractivity contribution in [3.05, 3.63) is 11.9 Å². The van der Waals surface area contributed by atoms with E-state index in [1.54, 1.807) is 0 Å². The van der Waals surface area contributed by atoms with Crippen molar-refractivity contribution in [2.75, 3.05) is 20.1 Å². The Kier molecular flexibility index (Phi) is 7.03. The highest BCUT2D eigenvalue weighted by Crippen LogP contribution is 1.98. The number of aliphatic carboxylic acids is 1. The highest BCUT2D eigenvalue weighted by molar-refractivity contribution is 5.77. The van der Waals surface area contributed by atoms with Gasteiger partial charge in [0.05, 0.1) is 0 Å². The standard InChI is InChI=1S/C9H17FN4O3/c1-14(5-9(16)17)13-8(15)3-7(12)2-6(10)4-11/h2,7H,3-5,11-12H2,1H3,(H,13,15)(H,16,17)/b6-2-/t7-/m1/s1. The molecule has 0 saturated carbocycles. The van der Waals surface area contributed by atoms with Crippen molar-refractivity contribution in [2.24, 2.45) is 11.5 Å². The minimum absolute atomic E-state index is 0.155. The maximum Gasteiger partial charge on any atom is 0.319 e. The summed E-state index contributed by atoms with van der Waals surface area (Å²) in [5.41, 5.74) is 12.8. The number of nitrogens with one attached hydrogen (secondary N) is 1. The number of carboxylic acids is 1. The summed E-state index contributed by atoms with van der Waals surface area (Å²) in [5.74, 6) is -2.17. The summed E-state index contributed by atoms with van der Waals surface area (Å²) >= 11 is 0. The molecule has 0 aromatic rings. The topological polar surface area (TPSA) is 122 Å². The molecule has 0 aliphatic heterocycles. The third-order valence-corrected chi connectivity index (χ3v) is 1.70. The van der Waals surface area contributed by atoms with Crippen LogP contribution in [0.15, 0.2) is 11.9 Å². The Balaban J connectivity index is 4.05. The molecule has 0 aliphatic rings.